The first kappa shape index (κ1) is 12.2. The van der Waals surface area contributed by atoms with Crippen molar-refractivity contribution >= 4 is 0 Å². The average Bonchev–Trinajstić information content (AvgIpc) is 2.13. The third-order valence-corrected chi connectivity index (χ3v) is 2.49. The Morgan fingerprint density at radius 2 is 1.73 bits per heavy atom. The van der Waals surface area contributed by atoms with E-state index in [1.807, 2.05) is 13.8 Å². The van der Waals surface area contributed by atoms with Crippen LogP contribution < -0.4 is 5.73 Å². The molecule has 0 saturated carbocycles. The van der Waals surface area contributed by atoms with Crippen LogP contribution in [0, 0.1) is 13.8 Å². The fourth-order valence-corrected chi connectivity index (χ4v) is 1.70. The molecule has 0 aliphatic rings. The van der Waals surface area contributed by atoms with Gasteiger partial charge in [-0.3, -0.25) is 0 Å². The van der Waals surface area contributed by atoms with E-state index in [2.05, 4.69) is 32.0 Å². The predicted molar refractivity (Wildman–Crippen MR) is 63.9 cm³/mol. The standard InChI is InChI=1S/C13H21NO/c1-5-15-9-13(4,14)12-7-10(2)6-11(3)8-12/h6-8H,5,9,14H2,1-4H3. The second kappa shape index (κ2) is 4.77. The molecule has 0 bridgehead atoms. The first-order chi connectivity index (χ1) is 6.95. The molecule has 1 atom stereocenters. The first-order valence-corrected chi connectivity index (χ1v) is 5.41. The van der Waals surface area contributed by atoms with Crippen molar-refractivity contribution in [1.29, 1.82) is 0 Å². The third-order valence-electron chi connectivity index (χ3n) is 2.49. The summed E-state index contributed by atoms with van der Waals surface area (Å²) in [6.07, 6.45) is 0. The van der Waals surface area contributed by atoms with Gasteiger partial charge in [0.05, 0.1) is 12.1 Å². The molecule has 0 spiro atoms. The highest BCUT2D eigenvalue weighted by Crippen LogP contribution is 2.21. The molecular formula is C13H21NO. The molecule has 2 N–H and O–H groups in total. The van der Waals surface area contributed by atoms with E-state index < -0.39 is 5.54 Å². The SMILES string of the molecule is CCOCC(C)(N)c1cc(C)cc(C)c1. The first-order valence-electron chi connectivity index (χ1n) is 5.41. The van der Waals surface area contributed by atoms with Gasteiger partial charge in [0.25, 0.3) is 0 Å². The zero-order valence-electron chi connectivity index (χ0n) is 10.1. The number of rotatable bonds is 4. The number of hydrogen-bond donors (Lipinski definition) is 1. The zero-order chi connectivity index (χ0) is 11.5. The summed E-state index contributed by atoms with van der Waals surface area (Å²) in [4.78, 5) is 0. The molecule has 1 aromatic carbocycles. The molecule has 0 fully saturated rings. The minimum Gasteiger partial charge on any atom is -0.379 e. The minimum absolute atomic E-state index is 0.396. The van der Waals surface area contributed by atoms with Crippen LogP contribution in [0.1, 0.15) is 30.5 Å². The fourth-order valence-electron chi connectivity index (χ4n) is 1.70. The van der Waals surface area contributed by atoms with Crippen LogP contribution in [0.25, 0.3) is 0 Å². The number of hydrogen-bond acceptors (Lipinski definition) is 2. The molecule has 0 heterocycles. The maximum Gasteiger partial charge on any atom is 0.0685 e. The van der Waals surface area contributed by atoms with Crippen LogP contribution in [-0.4, -0.2) is 13.2 Å². The summed E-state index contributed by atoms with van der Waals surface area (Å²) >= 11 is 0. The van der Waals surface area contributed by atoms with Crippen molar-refractivity contribution in [2.45, 2.75) is 33.2 Å². The van der Waals surface area contributed by atoms with Crippen molar-refractivity contribution in [1.82, 2.24) is 0 Å². The molecule has 15 heavy (non-hydrogen) atoms. The smallest absolute Gasteiger partial charge is 0.0685 e. The minimum atomic E-state index is -0.396. The second-order valence-corrected chi connectivity index (χ2v) is 4.43. The predicted octanol–water partition coefficient (Wildman–Crippen LogP) is 2.51. The zero-order valence-corrected chi connectivity index (χ0v) is 10.1. The quantitative estimate of drug-likeness (QED) is 0.823. The van der Waals surface area contributed by atoms with E-state index in [1.165, 1.54) is 11.1 Å². The Hall–Kier alpha value is -0.860. The summed E-state index contributed by atoms with van der Waals surface area (Å²) in [6.45, 7) is 9.44. The Bertz CT molecular complexity index is 311. The van der Waals surface area contributed by atoms with Crippen LogP contribution in [0.3, 0.4) is 0 Å². The lowest BCUT2D eigenvalue weighted by atomic mass is 9.91. The van der Waals surface area contributed by atoms with Gasteiger partial charge in [0.2, 0.25) is 0 Å². The monoisotopic (exact) mass is 207 g/mol. The van der Waals surface area contributed by atoms with E-state index in [9.17, 15) is 0 Å². The Morgan fingerprint density at radius 1 is 1.20 bits per heavy atom. The summed E-state index contributed by atoms with van der Waals surface area (Å²) in [5.74, 6) is 0. The van der Waals surface area contributed by atoms with Crippen molar-refractivity contribution in [3.05, 3.63) is 34.9 Å². The normalized spacial score (nSPS) is 15.0. The number of benzene rings is 1. The van der Waals surface area contributed by atoms with Crippen LogP contribution in [0.4, 0.5) is 0 Å². The van der Waals surface area contributed by atoms with Gasteiger partial charge in [0.15, 0.2) is 0 Å². The maximum absolute atomic E-state index is 6.24. The summed E-state index contributed by atoms with van der Waals surface area (Å²) in [5.41, 5.74) is 9.48. The molecule has 0 aromatic heterocycles. The topological polar surface area (TPSA) is 35.2 Å². The van der Waals surface area contributed by atoms with Gasteiger partial charge < -0.3 is 10.5 Å². The molecule has 84 valence electrons. The number of ether oxygens (including phenoxy) is 1. The van der Waals surface area contributed by atoms with E-state index in [4.69, 9.17) is 10.5 Å². The van der Waals surface area contributed by atoms with Gasteiger partial charge in [-0.1, -0.05) is 29.3 Å². The summed E-state index contributed by atoms with van der Waals surface area (Å²) < 4.78 is 5.41. The Balaban J connectivity index is 2.93. The van der Waals surface area contributed by atoms with Gasteiger partial charge in [-0.2, -0.15) is 0 Å². The maximum atomic E-state index is 6.24. The number of nitrogens with two attached hydrogens (primary N) is 1. The Kier molecular flexibility index (Phi) is 3.89. The van der Waals surface area contributed by atoms with E-state index in [0.29, 0.717) is 13.2 Å². The van der Waals surface area contributed by atoms with Crippen LogP contribution in [0.5, 0.6) is 0 Å². The van der Waals surface area contributed by atoms with Crippen LogP contribution >= 0.6 is 0 Å². The molecular weight excluding hydrogens is 186 g/mol. The van der Waals surface area contributed by atoms with E-state index in [1.54, 1.807) is 0 Å². The van der Waals surface area contributed by atoms with Crippen LogP contribution in [-0.2, 0) is 10.3 Å². The van der Waals surface area contributed by atoms with Crippen LogP contribution in [0.15, 0.2) is 18.2 Å². The molecule has 1 rings (SSSR count). The van der Waals surface area contributed by atoms with Crippen LogP contribution in [0.2, 0.25) is 0 Å². The molecule has 1 aromatic rings. The molecule has 0 aliphatic carbocycles. The van der Waals surface area contributed by atoms with Gasteiger partial charge in [-0.25, -0.2) is 0 Å². The van der Waals surface area contributed by atoms with Gasteiger partial charge in [0, 0.05) is 6.61 Å². The molecule has 0 amide bonds. The second-order valence-electron chi connectivity index (χ2n) is 4.43. The highest BCUT2D eigenvalue weighted by atomic mass is 16.5. The van der Waals surface area contributed by atoms with Crippen molar-refractivity contribution in [3.8, 4) is 0 Å². The summed E-state index contributed by atoms with van der Waals surface area (Å²) in [6, 6.07) is 6.41. The van der Waals surface area contributed by atoms with E-state index >= 15 is 0 Å². The van der Waals surface area contributed by atoms with Crippen molar-refractivity contribution in [3.63, 3.8) is 0 Å². The Labute approximate surface area is 92.4 Å². The molecule has 0 radical (unpaired) electrons. The van der Waals surface area contributed by atoms with Crippen molar-refractivity contribution in [2.75, 3.05) is 13.2 Å². The lowest BCUT2D eigenvalue weighted by Crippen LogP contribution is -2.38. The molecule has 1 unspecified atom stereocenters. The summed E-state index contributed by atoms with van der Waals surface area (Å²) in [5, 5.41) is 0. The van der Waals surface area contributed by atoms with Gasteiger partial charge in [0.1, 0.15) is 0 Å². The number of aryl methyl sites for hydroxylation is 2. The average molecular weight is 207 g/mol. The molecule has 0 saturated heterocycles. The summed E-state index contributed by atoms with van der Waals surface area (Å²) in [7, 11) is 0. The largest absolute Gasteiger partial charge is 0.379 e. The van der Waals surface area contributed by atoms with E-state index in [-0.39, 0.29) is 0 Å². The highest BCUT2D eigenvalue weighted by Gasteiger charge is 2.21. The lowest BCUT2D eigenvalue weighted by Gasteiger charge is -2.25. The van der Waals surface area contributed by atoms with Gasteiger partial charge in [-0.15, -0.1) is 0 Å². The molecule has 0 aliphatic heterocycles. The fraction of sp³-hybridized carbons (Fsp3) is 0.538. The van der Waals surface area contributed by atoms with E-state index in [0.717, 1.165) is 5.56 Å². The molecule has 2 heteroatoms. The highest BCUT2D eigenvalue weighted by molar-refractivity contribution is 5.33. The van der Waals surface area contributed by atoms with Crippen molar-refractivity contribution < 1.29 is 4.74 Å². The van der Waals surface area contributed by atoms with Gasteiger partial charge >= 0.3 is 0 Å². The van der Waals surface area contributed by atoms with Gasteiger partial charge in [-0.05, 0) is 33.3 Å². The molecule has 2 nitrogen and oxygen atoms in total. The third kappa shape index (κ3) is 3.33. The Morgan fingerprint density at radius 3 is 2.20 bits per heavy atom. The van der Waals surface area contributed by atoms with Crippen molar-refractivity contribution in [2.24, 2.45) is 5.73 Å². The lowest BCUT2D eigenvalue weighted by molar-refractivity contribution is 0.101.